The molecule has 1 saturated heterocycles. The van der Waals surface area contributed by atoms with Crippen molar-refractivity contribution in [3.05, 3.63) is 0 Å². The quantitative estimate of drug-likeness (QED) is 0.803. The molecule has 2 N–H and O–H groups in total. The predicted octanol–water partition coefficient (Wildman–Crippen LogP) is 2.02. The number of ether oxygens (including phenoxy) is 2. The summed E-state index contributed by atoms with van der Waals surface area (Å²) >= 11 is 0. The van der Waals surface area contributed by atoms with Gasteiger partial charge in [0.1, 0.15) is 0 Å². The average Bonchev–Trinajstić information content (AvgIpc) is 2.42. The van der Waals surface area contributed by atoms with Gasteiger partial charge in [-0.15, -0.1) is 0 Å². The Bertz CT molecular complexity index is 303. The Balaban J connectivity index is 2.79. The molecule has 0 aromatic heterocycles. The van der Waals surface area contributed by atoms with Gasteiger partial charge in [0.05, 0.1) is 29.5 Å². The van der Waals surface area contributed by atoms with Crippen LogP contribution in [0.15, 0.2) is 0 Å². The molecule has 1 atom stereocenters. The molecular formula is C15H32N2O2. The topological polar surface area (TPSA) is 47.7 Å². The Labute approximate surface area is 118 Å². The van der Waals surface area contributed by atoms with Crippen molar-refractivity contribution in [2.45, 2.75) is 70.8 Å². The Morgan fingerprint density at radius 3 is 2.21 bits per heavy atom. The van der Waals surface area contributed by atoms with Gasteiger partial charge in [-0.05, 0) is 55.0 Å². The molecule has 1 heterocycles. The fourth-order valence-electron chi connectivity index (χ4n) is 3.45. The highest BCUT2D eigenvalue weighted by atomic mass is 16.5. The minimum Gasteiger partial charge on any atom is -0.377 e. The van der Waals surface area contributed by atoms with Crippen LogP contribution >= 0.6 is 0 Å². The van der Waals surface area contributed by atoms with Crippen molar-refractivity contribution < 1.29 is 9.47 Å². The summed E-state index contributed by atoms with van der Waals surface area (Å²) in [7, 11) is 2.13. The summed E-state index contributed by atoms with van der Waals surface area (Å²) in [6.07, 6.45) is 1.22. The van der Waals surface area contributed by atoms with Crippen molar-refractivity contribution in [3.8, 4) is 0 Å². The highest BCUT2D eigenvalue weighted by Crippen LogP contribution is 2.47. The number of rotatable bonds is 6. The minimum absolute atomic E-state index is 0.128. The summed E-state index contributed by atoms with van der Waals surface area (Å²) < 4.78 is 11.9. The third kappa shape index (κ3) is 3.48. The van der Waals surface area contributed by atoms with Crippen LogP contribution in [0, 0.1) is 0 Å². The number of hydrogen-bond acceptors (Lipinski definition) is 4. The van der Waals surface area contributed by atoms with E-state index in [2.05, 4.69) is 53.5 Å². The Kier molecular flexibility index (Phi) is 5.05. The van der Waals surface area contributed by atoms with Gasteiger partial charge >= 0.3 is 0 Å². The molecule has 0 radical (unpaired) electrons. The number of hydrogen-bond donors (Lipinski definition) is 1. The molecule has 0 amide bonds. The smallest absolute Gasteiger partial charge is 0.0829 e. The fraction of sp³-hybridized carbons (Fsp3) is 1.00. The number of nitrogens with zero attached hydrogens (tertiary/aromatic N) is 1. The van der Waals surface area contributed by atoms with Crippen molar-refractivity contribution >= 4 is 0 Å². The molecule has 1 unspecified atom stereocenters. The Morgan fingerprint density at radius 1 is 1.26 bits per heavy atom. The summed E-state index contributed by atoms with van der Waals surface area (Å²) in [5.74, 6) is 0. The maximum atomic E-state index is 6.23. The molecule has 0 spiro atoms. The van der Waals surface area contributed by atoms with E-state index in [-0.39, 0.29) is 22.8 Å². The lowest BCUT2D eigenvalue weighted by Crippen LogP contribution is -2.62. The molecule has 0 aromatic rings. The highest BCUT2D eigenvalue weighted by Gasteiger charge is 2.58. The van der Waals surface area contributed by atoms with E-state index >= 15 is 0 Å². The minimum atomic E-state index is -0.252. The molecule has 19 heavy (non-hydrogen) atoms. The largest absolute Gasteiger partial charge is 0.377 e. The average molecular weight is 272 g/mol. The summed E-state index contributed by atoms with van der Waals surface area (Å²) in [6.45, 7) is 14.9. The van der Waals surface area contributed by atoms with E-state index in [9.17, 15) is 0 Å². The number of likely N-dealkylation sites (N-methyl/N-ethyl adjacent to an activating group) is 1. The molecule has 1 aliphatic rings. The van der Waals surface area contributed by atoms with Gasteiger partial charge in [0.15, 0.2) is 0 Å². The van der Waals surface area contributed by atoms with Crippen LogP contribution in [-0.4, -0.2) is 54.5 Å². The maximum absolute atomic E-state index is 6.23. The monoisotopic (exact) mass is 272 g/mol. The van der Waals surface area contributed by atoms with Gasteiger partial charge in [-0.1, -0.05) is 0 Å². The summed E-state index contributed by atoms with van der Waals surface area (Å²) in [4.78, 5) is 2.32. The molecule has 0 aromatic carbocycles. The summed E-state index contributed by atoms with van der Waals surface area (Å²) in [5, 5.41) is 0. The predicted molar refractivity (Wildman–Crippen MR) is 79.4 cm³/mol. The lowest BCUT2D eigenvalue weighted by molar-refractivity contribution is -0.103. The first kappa shape index (κ1) is 16.9. The standard InChI is InChI=1S/C15H32N2O2/c1-12(2)18-9-8-17(7)15(11-16)10-13(3,4)19-14(15,5)6/h12H,8-11,16H2,1-7H3. The SMILES string of the molecule is CC(C)OCCN(C)C1(CN)CC(C)(C)OC1(C)C. The van der Waals surface area contributed by atoms with Crippen LogP contribution in [0.5, 0.6) is 0 Å². The van der Waals surface area contributed by atoms with Crippen molar-refractivity contribution in [2.75, 3.05) is 26.7 Å². The molecule has 1 rings (SSSR count). The van der Waals surface area contributed by atoms with Gasteiger partial charge in [-0.25, -0.2) is 0 Å². The zero-order valence-electron chi connectivity index (χ0n) is 13.7. The zero-order chi connectivity index (χ0) is 14.9. The molecule has 4 nitrogen and oxygen atoms in total. The molecule has 0 aliphatic carbocycles. The second kappa shape index (κ2) is 5.68. The molecule has 114 valence electrons. The van der Waals surface area contributed by atoms with E-state index in [1.165, 1.54) is 0 Å². The van der Waals surface area contributed by atoms with Gasteiger partial charge < -0.3 is 15.2 Å². The maximum Gasteiger partial charge on any atom is 0.0829 e. The van der Waals surface area contributed by atoms with Crippen LogP contribution in [0.25, 0.3) is 0 Å². The first-order chi connectivity index (χ1) is 8.56. The van der Waals surface area contributed by atoms with Crippen molar-refractivity contribution in [2.24, 2.45) is 5.73 Å². The normalized spacial score (nSPS) is 29.4. The lowest BCUT2D eigenvalue weighted by Gasteiger charge is -2.46. The van der Waals surface area contributed by atoms with Crippen LogP contribution in [0.4, 0.5) is 0 Å². The van der Waals surface area contributed by atoms with Crippen LogP contribution in [0.3, 0.4) is 0 Å². The second-order valence-corrected chi connectivity index (χ2v) is 7.13. The van der Waals surface area contributed by atoms with Crippen LogP contribution in [0.1, 0.15) is 48.0 Å². The van der Waals surface area contributed by atoms with E-state index in [4.69, 9.17) is 15.2 Å². The number of nitrogens with two attached hydrogens (primary N) is 1. The third-order valence-electron chi connectivity index (χ3n) is 4.32. The Hall–Kier alpha value is -0.160. The van der Waals surface area contributed by atoms with Crippen molar-refractivity contribution in [1.29, 1.82) is 0 Å². The molecule has 1 aliphatic heterocycles. The van der Waals surface area contributed by atoms with Gasteiger partial charge in [0, 0.05) is 13.1 Å². The van der Waals surface area contributed by atoms with E-state index in [1.54, 1.807) is 0 Å². The third-order valence-corrected chi connectivity index (χ3v) is 4.32. The first-order valence-electron chi connectivity index (χ1n) is 7.29. The molecule has 1 fully saturated rings. The van der Waals surface area contributed by atoms with Crippen molar-refractivity contribution in [3.63, 3.8) is 0 Å². The van der Waals surface area contributed by atoms with E-state index in [0.717, 1.165) is 19.6 Å². The van der Waals surface area contributed by atoms with E-state index in [1.807, 2.05) is 0 Å². The van der Waals surface area contributed by atoms with Gasteiger partial charge in [-0.3, -0.25) is 4.90 Å². The lowest BCUT2D eigenvalue weighted by atomic mass is 9.77. The molecule has 0 bridgehead atoms. The zero-order valence-corrected chi connectivity index (χ0v) is 13.7. The van der Waals surface area contributed by atoms with Crippen molar-refractivity contribution in [1.82, 2.24) is 4.90 Å². The van der Waals surface area contributed by atoms with Gasteiger partial charge in [-0.2, -0.15) is 0 Å². The van der Waals surface area contributed by atoms with Crippen LogP contribution in [-0.2, 0) is 9.47 Å². The van der Waals surface area contributed by atoms with Gasteiger partial charge in [0.25, 0.3) is 0 Å². The summed E-state index contributed by atoms with van der Waals surface area (Å²) in [6, 6.07) is 0. The molecular weight excluding hydrogens is 240 g/mol. The van der Waals surface area contributed by atoms with Gasteiger partial charge in [0.2, 0.25) is 0 Å². The molecule has 4 heteroatoms. The fourth-order valence-corrected chi connectivity index (χ4v) is 3.45. The van der Waals surface area contributed by atoms with E-state index in [0.29, 0.717) is 6.54 Å². The highest BCUT2D eigenvalue weighted by molar-refractivity contribution is 5.12. The Morgan fingerprint density at radius 2 is 1.84 bits per heavy atom. The summed E-state index contributed by atoms with van der Waals surface area (Å²) in [5.41, 5.74) is 5.63. The van der Waals surface area contributed by atoms with E-state index < -0.39 is 0 Å². The molecule has 0 saturated carbocycles. The van der Waals surface area contributed by atoms with Crippen LogP contribution < -0.4 is 5.73 Å². The second-order valence-electron chi connectivity index (χ2n) is 7.13. The van der Waals surface area contributed by atoms with Crippen LogP contribution in [0.2, 0.25) is 0 Å². The first-order valence-corrected chi connectivity index (χ1v) is 7.29.